The first-order valence-electron chi connectivity index (χ1n) is 10.0. The lowest BCUT2D eigenvalue weighted by Crippen LogP contribution is -2.17. The predicted octanol–water partition coefficient (Wildman–Crippen LogP) is 3.85. The minimum Gasteiger partial charge on any atom is -0.382 e. The van der Waals surface area contributed by atoms with Crippen LogP contribution in [0.5, 0.6) is 0 Å². The maximum Gasteiger partial charge on any atom is 0.451 e. The van der Waals surface area contributed by atoms with Gasteiger partial charge in [-0.3, -0.25) is 4.72 Å². The zero-order valence-corrected chi connectivity index (χ0v) is 19.1. The zero-order chi connectivity index (χ0) is 26.2. The first kappa shape index (κ1) is 24.6. The fraction of sp³-hybridized carbons (Fsp3) is 0.0909. The Hall–Kier alpha value is -4.51. The summed E-state index contributed by atoms with van der Waals surface area (Å²) in [6, 6.07) is 12.2. The number of nitrogens with zero attached hydrogens (tertiary/aromatic N) is 5. The Kier molecular flexibility index (Phi) is 6.34. The van der Waals surface area contributed by atoms with Gasteiger partial charge in [-0.25, -0.2) is 22.8 Å². The Morgan fingerprint density at radius 3 is 2.36 bits per heavy atom. The van der Waals surface area contributed by atoms with E-state index in [4.69, 9.17) is 5.73 Å². The highest BCUT2D eigenvalue weighted by molar-refractivity contribution is 7.73. The second kappa shape index (κ2) is 9.27. The molecular formula is C22H15F4N7O2S. The molecule has 2 aromatic carbocycles. The molecule has 4 aromatic rings. The lowest BCUT2D eigenvalue weighted by molar-refractivity contribution is -0.144. The second-order valence-corrected chi connectivity index (χ2v) is 8.16. The highest BCUT2D eigenvalue weighted by atomic mass is 32.2. The number of aromatic nitrogens is 4. The standard InChI is InChI=1S/C22H15F4N7O2S/c1-11-16(10-27)19(28)33(31-11)20-17(13-3-2-4-15(9-13)32-36(34)35)18(12-5-7-14(23)8-6-12)29-21(30-20)22(24,25)26/h2-9,36H,28H2,1H3,(H,32,34,35). The number of nitrogens with two attached hydrogens (primary N) is 1. The van der Waals surface area contributed by atoms with Crippen LogP contribution in [-0.4, -0.2) is 28.2 Å². The van der Waals surface area contributed by atoms with Gasteiger partial charge in [-0.15, -0.1) is 0 Å². The highest BCUT2D eigenvalue weighted by Crippen LogP contribution is 2.39. The van der Waals surface area contributed by atoms with Crippen LogP contribution in [0.25, 0.3) is 28.2 Å². The average Bonchev–Trinajstić information content (AvgIpc) is 3.10. The molecule has 0 fully saturated rings. The summed E-state index contributed by atoms with van der Waals surface area (Å²) in [7, 11) is -3.04. The number of nitrogen functional groups attached to an aromatic ring is 1. The molecule has 3 N–H and O–H groups in total. The maximum atomic E-state index is 13.9. The Bertz CT molecular complexity index is 1580. The average molecular weight is 517 g/mol. The lowest BCUT2D eigenvalue weighted by Gasteiger charge is -2.18. The van der Waals surface area contributed by atoms with E-state index in [9.17, 15) is 31.2 Å². The molecule has 0 aliphatic rings. The van der Waals surface area contributed by atoms with Gasteiger partial charge < -0.3 is 5.73 Å². The summed E-state index contributed by atoms with van der Waals surface area (Å²) in [4.78, 5) is 7.43. The highest BCUT2D eigenvalue weighted by Gasteiger charge is 2.37. The lowest BCUT2D eigenvalue weighted by atomic mass is 9.98. The molecule has 0 radical (unpaired) electrons. The molecule has 0 bridgehead atoms. The molecule has 0 spiro atoms. The van der Waals surface area contributed by atoms with Crippen LogP contribution in [0, 0.1) is 24.1 Å². The van der Waals surface area contributed by atoms with Crippen molar-refractivity contribution in [2.24, 2.45) is 0 Å². The molecule has 2 heterocycles. The molecule has 14 heteroatoms. The summed E-state index contributed by atoms with van der Waals surface area (Å²) in [5.41, 5.74) is 6.30. The molecule has 4 rings (SSSR count). The molecule has 0 aliphatic carbocycles. The quantitative estimate of drug-likeness (QED) is 0.270. The molecule has 0 unspecified atom stereocenters. The summed E-state index contributed by atoms with van der Waals surface area (Å²) >= 11 is 0. The molecule has 2 aromatic heterocycles. The molecule has 0 saturated carbocycles. The third-order valence-corrected chi connectivity index (χ3v) is 5.48. The number of halogens is 4. The van der Waals surface area contributed by atoms with Gasteiger partial charge in [0, 0.05) is 11.3 Å². The van der Waals surface area contributed by atoms with E-state index in [-0.39, 0.29) is 45.1 Å². The third kappa shape index (κ3) is 4.68. The van der Waals surface area contributed by atoms with Crippen LogP contribution >= 0.6 is 0 Å². The third-order valence-electron chi connectivity index (χ3n) is 5.04. The number of aryl methyl sites for hydroxylation is 1. The first-order valence-corrected chi connectivity index (χ1v) is 11.2. The molecule has 0 atom stereocenters. The van der Waals surface area contributed by atoms with Crippen LogP contribution in [0.4, 0.5) is 29.1 Å². The number of thiol groups is 1. The molecule has 184 valence electrons. The van der Waals surface area contributed by atoms with Gasteiger partial charge in [-0.1, -0.05) is 12.1 Å². The Morgan fingerprint density at radius 2 is 1.78 bits per heavy atom. The number of nitriles is 1. The second-order valence-electron chi connectivity index (χ2n) is 7.42. The smallest absolute Gasteiger partial charge is 0.382 e. The molecule has 0 amide bonds. The minimum absolute atomic E-state index is 0.0157. The zero-order valence-electron chi connectivity index (χ0n) is 18.2. The van der Waals surface area contributed by atoms with Crippen LogP contribution in [-0.2, 0) is 17.1 Å². The van der Waals surface area contributed by atoms with Crippen LogP contribution in [0.1, 0.15) is 17.1 Å². The van der Waals surface area contributed by atoms with Crippen molar-refractivity contribution in [3.8, 4) is 34.3 Å². The number of anilines is 2. The summed E-state index contributed by atoms with van der Waals surface area (Å²) in [5, 5.41) is 13.5. The SMILES string of the molecule is Cc1nn(-c2nc(C(F)(F)F)nc(-c3ccc(F)cc3)c2-c2cccc(N[SH](=O)=O)c2)c(N)c1C#N. The van der Waals surface area contributed by atoms with Crippen molar-refractivity contribution in [2.45, 2.75) is 13.1 Å². The Morgan fingerprint density at radius 1 is 1.08 bits per heavy atom. The molecular weight excluding hydrogens is 502 g/mol. The number of alkyl halides is 3. The predicted molar refractivity (Wildman–Crippen MR) is 123 cm³/mol. The van der Waals surface area contributed by atoms with E-state index in [0.717, 1.165) is 16.8 Å². The first-order chi connectivity index (χ1) is 17.0. The number of hydrogen-bond acceptors (Lipinski definition) is 7. The van der Waals surface area contributed by atoms with Crippen molar-refractivity contribution in [3.05, 3.63) is 71.4 Å². The number of nitrogens with one attached hydrogen (secondary N) is 1. The number of hydrogen-bond donors (Lipinski definition) is 3. The van der Waals surface area contributed by atoms with Crippen LogP contribution < -0.4 is 10.5 Å². The normalized spacial score (nSPS) is 11.5. The van der Waals surface area contributed by atoms with E-state index in [1.807, 2.05) is 6.07 Å². The summed E-state index contributed by atoms with van der Waals surface area (Å²) in [5.74, 6) is -2.82. The van der Waals surface area contributed by atoms with Crippen molar-refractivity contribution >= 4 is 22.4 Å². The van der Waals surface area contributed by atoms with Crippen molar-refractivity contribution < 1.29 is 26.0 Å². The van der Waals surface area contributed by atoms with Gasteiger partial charge in [0.25, 0.3) is 0 Å². The van der Waals surface area contributed by atoms with Crippen LogP contribution in [0.15, 0.2) is 48.5 Å². The summed E-state index contributed by atoms with van der Waals surface area (Å²) < 4.78 is 80.6. The van der Waals surface area contributed by atoms with E-state index in [0.29, 0.717) is 0 Å². The molecule has 0 aliphatic heterocycles. The maximum absolute atomic E-state index is 13.9. The van der Waals surface area contributed by atoms with Crippen molar-refractivity contribution in [2.75, 3.05) is 10.5 Å². The van der Waals surface area contributed by atoms with Gasteiger partial charge in [-0.2, -0.15) is 28.2 Å². The van der Waals surface area contributed by atoms with Crippen LogP contribution in [0.2, 0.25) is 0 Å². The van der Waals surface area contributed by atoms with Crippen molar-refractivity contribution in [3.63, 3.8) is 0 Å². The van der Waals surface area contributed by atoms with E-state index < -0.39 is 34.5 Å². The van der Waals surface area contributed by atoms with Crippen molar-refractivity contribution in [1.82, 2.24) is 19.7 Å². The summed E-state index contributed by atoms with van der Waals surface area (Å²) in [6.45, 7) is 1.45. The fourth-order valence-corrected chi connectivity index (χ4v) is 3.86. The van der Waals surface area contributed by atoms with E-state index >= 15 is 0 Å². The van der Waals surface area contributed by atoms with E-state index in [1.54, 1.807) is 0 Å². The minimum atomic E-state index is -4.98. The van der Waals surface area contributed by atoms with Gasteiger partial charge in [0.15, 0.2) is 5.82 Å². The number of rotatable bonds is 5. The summed E-state index contributed by atoms with van der Waals surface area (Å²) in [6.07, 6.45) is -4.98. The molecule has 36 heavy (non-hydrogen) atoms. The van der Waals surface area contributed by atoms with Crippen molar-refractivity contribution in [1.29, 1.82) is 5.26 Å². The van der Waals surface area contributed by atoms with E-state index in [2.05, 4.69) is 19.8 Å². The Labute approximate surface area is 202 Å². The van der Waals surface area contributed by atoms with Gasteiger partial charge in [0.1, 0.15) is 23.3 Å². The van der Waals surface area contributed by atoms with Gasteiger partial charge >= 0.3 is 6.18 Å². The fourth-order valence-electron chi connectivity index (χ4n) is 3.51. The number of benzene rings is 2. The molecule has 0 saturated heterocycles. The monoisotopic (exact) mass is 517 g/mol. The van der Waals surface area contributed by atoms with E-state index in [1.165, 1.54) is 43.3 Å². The Balaban J connectivity index is 2.15. The van der Waals surface area contributed by atoms with Gasteiger partial charge in [0.05, 0.1) is 17.0 Å². The van der Waals surface area contributed by atoms with Crippen LogP contribution in [0.3, 0.4) is 0 Å². The largest absolute Gasteiger partial charge is 0.451 e. The van der Waals surface area contributed by atoms with Gasteiger partial charge in [-0.05, 0) is 48.9 Å². The molecule has 9 nitrogen and oxygen atoms in total. The topological polar surface area (TPSA) is 140 Å². The van der Waals surface area contributed by atoms with Gasteiger partial charge in [0.2, 0.25) is 16.7 Å².